The van der Waals surface area contributed by atoms with Crippen LogP contribution in [0.4, 0.5) is 5.69 Å². The summed E-state index contributed by atoms with van der Waals surface area (Å²) in [7, 11) is 1.59. The minimum atomic E-state index is 0. The van der Waals surface area contributed by atoms with Crippen molar-refractivity contribution in [3.8, 4) is 11.5 Å². The normalized spacial score (nSPS) is 16.3. The van der Waals surface area contributed by atoms with Gasteiger partial charge in [-0.15, -0.1) is 24.0 Å². The van der Waals surface area contributed by atoms with E-state index in [0.29, 0.717) is 24.8 Å². The van der Waals surface area contributed by atoms with Gasteiger partial charge in [-0.1, -0.05) is 24.3 Å². The Morgan fingerprint density at radius 1 is 1.24 bits per heavy atom. The first-order valence-electron chi connectivity index (χ1n) is 9.90. The summed E-state index contributed by atoms with van der Waals surface area (Å²) in [4.78, 5) is 7.09. The fourth-order valence-corrected chi connectivity index (χ4v) is 3.43. The molecule has 0 spiro atoms. The van der Waals surface area contributed by atoms with E-state index in [9.17, 15) is 5.11 Å². The van der Waals surface area contributed by atoms with Gasteiger partial charge in [-0.05, 0) is 43.5 Å². The van der Waals surface area contributed by atoms with Crippen molar-refractivity contribution in [2.75, 3.05) is 38.2 Å². The molecule has 0 aliphatic carbocycles. The number of phenols is 1. The number of halogens is 1. The van der Waals surface area contributed by atoms with Crippen LogP contribution in [-0.2, 0) is 6.42 Å². The van der Waals surface area contributed by atoms with E-state index in [1.54, 1.807) is 13.2 Å². The van der Waals surface area contributed by atoms with Crippen molar-refractivity contribution in [1.82, 2.24) is 10.6 Å². The lowest BCUT2D eigenvalue weighted by atomic mass is 10.1. The van der Waals surface area contributed by atoms with Crippen molar-refractivity contribution in [3.63, 3.8) is 0 Å². The smallest absolute Gasteiger partial charge is 0.191 e. The molecule has 2 aromatic carbocycles. The molecule has 1 heterocycles. The van der Waals surface area contributed by atoms with Gasteiger partial charge in [0.2, 0.25) is 0 Å². The summed E-state index contributed by atoms with van der Waals surface area (Å²) in [5.74, 6) is 1.74. The Hall–Kier alpha value is -2.16. The Labute approximate surface area is 190 Å². The topological polar surface area (TPSA) is 69.1 Å². The number of guanidine groups is 1. The number of hydrogen-bond donors (Lipinski definition) is 3. The molecule has 1 aliphatic heterocycles. The van der Waals surface area contributed by atoms with Gasteiger partial charge in [0.05, 0.1) is 7.11 Å². The highest BCUT2D eigenvalue weighted by atomic mass is 127. The molecule has 6 nitrogen and oxygen atoms in total. The van der Waals surface area contributed by atoms with Crippen molar-refractivity contribution < 1.29 is 9.84 Å². The summed E-state index contributed by atoms with van der Waals surface area (Å²) in [6.45, 7) is 5.49. The number of phenolic OH excluding ortho intramolecular Hbond substituents is 1. The second-order valence-corrected chi connectivity index (χ2v) is 6.92. The van der Waals surface area contributed by atoms with E-state index >= 15 is 0 Å². The summed E-state index contributed by atoms with van der Waals surface area (Å²) in [5, 5.41) is 17.0. The zero-order valence-corrected chi connectivity index (χ0v) is 19.4. The number of nitrogens with zero attached hydrogens (tertiary/aromatic N) is 2. The maximum absolute atomic E-state index is 10.1. The Morgan fingerprint density at radius 3 is 2.72 bits per heavy atom. The van der Waals surface area contributed by atoms with Crippen LogP contribution in [0, 0.1) is 0 Å². The summed E-state index contributed by atoms with van der Waals surface area (Å²) < 4.78 is 5.13. The number of anilines is 1. The molecule has 1 atom stereocenters. The molecular formula is C22H31IN4O2. The number of nitrogens with one attached hydrogen (secondary N) is 2. The summed E-state index contributed by atoms with van der Waals surface area (Å²) in [6.07, 6.45) is 1.76. The van der Waals surface area contributed by atoms with Crippen LogP contribution in [0.1, 0.15) is 18.9 Å². The standard InChI is InChI=1S/C22H30N4O2.HI/c1-3-23-22(24-13-11-17-9-10-20(28-2)15-21(17)27)25-18-12-14-26(16-18)19-7-5-4-6-8-19;/h4-10,15,18,27H,3,11-14,16H2,1-2H3,(H2,23,24,25);1H. The first-order chi connectivity index (χ1) is 13.7. The highest BCUT2D eigenvalue weighted by molar-refractivity contribution is 14.0. The second kappa shape index (κ2) is 11.7. The second-order valence-electron chi connectivity index (χ2n) is 6.92. The number of aliphatic imine (C=N–C) groups is 1. The number of rotatable bonds is 7. The van der Waals surface area contributed by atoms with Crippen LogP contribution in [0.2, 0.25) is 0 Å². The van der Waals surface area contributed by atoms with Gasteiger partial charge in [0.1, 0.15) is 11.5 Å². The third kappa shape index (κ3) is 6.69. The van der Waals surface area contributed by atoms with Crippen LogP contribution in [0.15, 0.2) is 53.5 Å². The Bertz CT molecular complexity index is 786. The van der Waals surface area contributed by atoms with Crippen molar-refractivity contribution in [1.29, 1.82) is 0 Å². The predicted molar refractivity (Wildman–Crippen MR) is 130 cm³/mol. The van der Waals surface area contributed by atoms with E-state index < -0.39 is 0 Å². The molecule has 1 aliphatic rings. The Morgan fingerprint density at radius 2 is 2.03 bits per heavy atom. The molecule has 0 aromatic heterocycles. The highest BCUT2D eigenvalue weighted by Crippen LogP contribution is 2.23. The van der Waals surface area contributed by atoms with E-state index in [1.807, 2.05) is 18.2 Å². The lowest BCUT2D eigenvalue weighted by molar-refractivity contribution is 0.406. The van der Waals surface area contributed by atoms with Gasteiger partial charge in [-0.3, -0.25) is 4.99 Å². The fraction of sp³-hybridized carbons (Fsp3) is 0.409. The maximum Gasteiger partial charge on any atom is 0.191 e. The molecule has 0 amide bonds. The molecule has 3 N–H and O–H groups in total. The third-order valence-corrected chi connectivity index (χ3v) is 4.94. The van der Waals surface area contributed by atoms with Gasteiger partial charge in [-0.2, -0.15) is 0 Å². The lowest BCUT2D eigenvalue weighted by Crippen LogP contribution is -2.44. The molecule has 0 bridgehead atoms. The van der Waals surface area contributed by atoms with Crippen LogP contribution >= 0.6 is 24.0 Å². The van der Waals surface area contributed by atoms with Crippen LogP contribution < -0.4 is 20.3 Å². The van der Waals surface area contributed by atoms with E-state index in [0.717, 1.165) is 37.6 Å². The Kier molecular flexibility index (Phi) is 9.37. The molecular weight excluding hydrogens is 479 g/mol. The molecule has 1 fully saturated rings. The Balaban J connectivity index is 0.00000300. The minimum absolute atomic E-state index is 0. The van der Waals surface area contributed by atoms with Gasteiger partial charge in [0.15, 0.2) is 5.96 Å². The van der Waals surface area contributed by atoms with Crippen LogP contribution in [-0.4, -0.2) is 50.4 Å². The van der Waals surface area contributed by atoms with Gasteiger partial charge in [0, 0.05) is 44.0 Å². The number of para-hydroxylation sites is 1. The average Bonchev–Trinajstić information content (AvgIpc) is 3.18. The van der Waals surface area contributed by atoms with E-state index in [2.05, 4.69) is 51.7 Å². The van der Waals surface area contributed by atoms with Gasteiger partial charge >= 0.3 is 0 Å². The number of aromatic hydroxyl groups is 1. The molecule has 3 rings (SSSR count). The quantitative estimate of drug-likeness (QED) is 0.303. The molecule has 158 valence electrons. The predicted octanol–water partition coefficient (Wildman–Crippen LogP) is 3.40. The van der Waals surface area contributed by atoms with Crippen molar-refractivity contribution >= 4 is 35.6 Å². The third-order valence-electron chi connectivity index (χ3n) is 4.94. The van der Waals surface area contributed by atoms with Gasteiger partial charge < -0.3 is 25.4 Å². The average molecular weight is 510 g/mol. The largest absolute Gasteiger partial charge is 0.508 e. The van der Waals surface area contributed by atoms with Crippen LogP contribution in [0.25, 0.3) is 0 Å². The first-order valence-corrected chi connectivity index (χ1v) is 9.90. The zero-order chi connectivity index (χ0) is 19.8. The van der Waals surface area contributed by atoms with Gasteiger partial charge in [-0.25, -0.2) is 0 Å². The number of benzene rings is 2. The van der Waals surface area contributed by atoms with E-state index in [1.165, 1.54) is 5.69 Å². The molecule has 2 aromatic rings. The SMILES string of the molecule is CCNC(=NCCc1ccc(OC)cc1O)NC1CCN(c2ccccc2)C1.I. The van der Waals surface area contributed by atoms with Crippen molar-refractivity contribution in [2.45, 2.75) is 25.8 Å². The fourth-order valence-electron chi connectivity index (χ4n) is 3.43. The summed E-state index contributed by atoms with van der Waals surface area (Å²) >= 11 is 0. The monoisotopic (exact) mass is 510 g/mol. The minimum Gasteiger partial charge on any atom is -0.508 e. The molecule has 29 heavy (non-hydrogen) atoms. The molecule has 0 radical (unpaired) electrons. The summed E-state index contributed by atoms with van der Waals surface area (Å²) in [6, 6.07) is 16.3. The van der Waals surface area contributed by atoms with E-state index in [4.69, 9.17) is 4.74 Å². The zero-order valence-electron chi connectivity index (χ0n) is 17.1. The maximum atomic E-state index is 10.1. The highest BCUT2D eigenvalue weighted by Gasteiger charge is 2.23. The number of ether oxygens (including phenoxy) is 1. The molecule has 0 saturated carbocycles. The molecule has 7 heteroatoms. The number of methoxy groups -OCH3 is 1. The van der Waals surface area contributed by atoms with Crippen molar-refractivity contribution in [3.05, 3.63) is 54.1 Å². The van der Waals surface area contributed by atoms with E-state index in [-0.39, 0.29) is 29.7 Å². The van der Waals surface area contributed by atoms with Crippen molar-refractivity contribution in [2.24, 2.45) is 4.99 Å². The molecule has 1 unspecified atom stereocenters. The number of hydrogen-bond acceptors (Lipinski definition) is 4. The molecule has 1 saturated heterocycles. The van der Waals surface area contributed by atoms with Gasteiger partial charge in [0.25, 0.3) is 0 Å². The van der Waals surface area contributed by atoms with Crippen LogP contribution in [0.3, 0.4) is 0 Å². The van der Waals surface area contributed by atoms with Crippen LogP contribution in [0.5, 0.6) is 11.5 Å². The first kappa shape index (κ1) is 23.1. The summed E-state index contributed by atoms with van der Waals surface area (Å²) in [5.41, 5.74) is 2.14. The lowest BCUT2D eigenvalue weighted by Gasteiger charge is -2.20.